The number of benzene rings is 1. The van der Waals surface area contributed by atoms with Gasteiger partial charge >= 0.3 is 0 Å². The number of ether oxygens (including phenoxy) is 1. The predicted octanol–water partition coefficient (Wildman–Crippen LogP) is 1.74. The molecule has 2 aliphatic rings. The average Bonchev–Trinajstić information content (AvgIpc) is 3.22. The van der Waals surface area contributed by atoms with Crippen molar-refractivity contribution in [3.63, 3.8) is 0 Å². The Morgan fingerprint density at radius 2 is 2.00 bits per heavy atom. The molecule has 2 aromatic rings. The molecule has 1 aromatic heterocycles. The number of aliphatic hydroxyl groups excluding tert-OH is 1. The van der Waals surface area contributed by atoms with Crippen LogP contribution in [0.1, 0.15) is 36.4 Å². The third kappa shape index (κ3) is 2.93. The quantitative estimate of drug-likeness (QED) is 0.611. The fourth-order valence-corrected chi connectivity index (χ4v) is 2.50. The normalized spacial score (nSPS) is 19.5. The van der Waals surface area contributed by atoms with Crippen molar-refractivity contribution in [1.29, 1.82) is 0 Å². The van der Waals surface area contributed by atoms with Crippen LogP contribution in [0.3, 0.4) is 0 Å². The third-order valence-corrected chi connectivity index (χ3v) is 4.12. The van der Waals surface area contributed by atoms with Crippen molar-refractivity contribution in [3.8, 4) is 5.75 Å². The van der Waals surface area contributed by atoms with Crippen LogP contribution in [0.15, 0.2) is 30.3 Å². The number of aliphatic hydroxyl groups is 1. The van der Waals surface area contributed by atoms with Gasteiger partial charge < -0.3 is 20.5 Å². The zero-order chi connectivity index (χ0) is 14.9. The van der Waals surface area contributed by atoms with E-state index in [4.69, 9.17) is 4.74 Å². The number of H-pyrrole nitrogens is 1. The van der Waals surface area contributed by atoms with Crippen LogP contribution in [0.5, 0.6) is 5.75 Å². The molecule has 1 aliphatic heterocycles. The minimum atomic E-state index is -0.814. The number of anilines is 1. The van der Waals surface area contributed by atoms with Crippen molar-refractivity contribution in [2.75, 3.05) is 18.4 Å². The molecule has 1 saturated heterocycles. The van der Waals surface area contributed by atoms with E-state index >= 15 is 0 Å². The average molecular weight is 300 g/mol. The molecule has 1 aromatic carbocycles. The molecule has 6 nitrogen and oxygen atoms in total. The van der Waals surface area contributed by atoms with Crippen LogP contribution in [-0.2, 0) is 0 Å². The minimum absolute atomic E-state index is 0.273. The highest BCUT2D eigenvalue weighted by atomic mass is 16.5. The van der Waals surface area contributed by atoms with Crippen LogP contribution < -0.4 is 15.4 Å². The summed E-state index contributed by atoms with van der Waals surface area (Å²) in [6, 6.07) is 9.57. The maximum absolute atomic E-state index is 10.2. The Labute approximate surface area is 128 Å². The molecule has 0 radical (unpaired) electrons. The lowest BCUT2D eigenvalue weighted by molar-refractivity contribution is 0.142. The largest absolute Gasteiger partial charge is 0.488 e. The van der Waals surface area contributed by atoms with Gasteiger partial charge in [-0.05, 0) is 43.2 Å². The van der Waals surface area contributed by atoms with Gasteiger partial charge in [-0.1, -0.05) is 0 Å². The Kier molecular flexibility index (Phi) is 3.48. The summed E-state index contributed by atoms with van der Waals surface area (Å²) >= 11 is 0. The van der Waals surface area contributed by atoms with Crippen molar-refractivity contribution >= 4 is 5.69 Å². The maximum atomic E-state index is 10.2. The molecule has 116 valence electrons. The number of hydrogen-bond donors (Lipinski definition) is 4. The smallest absolute Gasteiger partial charge is 0.169 e. The molecule has 22 heavy (non-hydrogen) atoms. The second kappa shape index (κ2) is 5.62. The first kappa shape index (κ1) is 13.6. The lowest BCUT2D eigenvalue weighted by Crippen LogP contribution is -2.50. The minimum Gasteiger partial charge on any atom is -0.488 e. The Balaban J connectivity index is 1.36. The van der Waals surface area contributed by atoms with E-state index in [1.165, 1.54) is 12.8 Å². The van der Waals surface area contributed by atoms with E-state index in [1.54, 1.807) is 0 Å². The number of nitrogens with zero attached hydrogens (tertiary/aromatic N) is 1. The van der Waals surface area contributed by atoms with Gasteiger partial charge in [0.25, 0.3) is 0 Å². The van der Waals surface area contributed by atoms with Gasteiger partial charge in [-0.15, -0.1) is 0 Å². The summed E-state index contributed by atoms with van der Waals surface area (Å²) in [5.74, 6) is 1.45. The highest BCUT2D eigenvalue weighted by Crippen LogP contribution is 2.39. The van der Waals surface area contributed by atoms with Crippen LogP contribution in [0, 0.1) is 0 Å². The van der Waals surface area contributed by atoms with Crippen molar-refractivity contribution in [2.24, 2.45) is 0 Å². The van der Waals surface area contributed by atoms with E-state index in [9.17, 15) is 5.11 Å². The number of nitrogens with one attached hydrogen (secondary N) is 3. The van der Waals surface area contributed by atoms with E-state index < -0.39 is 6.23 Å². The van der Waals surface area contributed by atoms with Gasteiger partial charge in [0.15, 0.2) is 6.23 Å². The van der Waals surface area contributed by atoms with Gasteiger partial charge in [0.05, 0.1) is 0 Å². The summed E-state index contributed by atoms with van der Waals surface area (Å²) < 4.78 is 5.76. The highest BCUT2D eigenvalue weighted by Gasteiger charge is 2.26. The SMILES string of the molecule is OC(Nc1ccc(OC2CNC2)cc1)c1cc(C2CC2)[nH]n1. The van der Waals surface area contributed by atoms with E-state index in [0.717, 1.165) is 30.2 Å². The van der Waals surface area contributed by atoms with Gasteiger partial charge in [0.2, 0.25) is 0 Å². The number of aromatic amines is 1. The van der Waals surface area contributed by atoms with E-state index in [2.05, 4.69) is 20.8 Å². The Bertz CT molecular complexity index is 632. The maximum Gasteiger partial charge on any atom is 0.169 e. The molecule has 4 rings (SSSR count). The Hall–Kier alpha value is -2.05. The second-order valence-corrected chi connectivity index (χ2v) is 5.99. The first-order chi connectivity index (χ1) is 10.8. The van der Waals surface area contributed by atoms with Crippen molar-refractivity contribution < 1.29 is 9.84 Å². The first-order valence-corrected chi connectivity index (χ1v) is 7.75. The van der Waals surface area contributed by atoms with Gasteiger partial charge in [-0.3, -0.25) is 5.10 Å². The summed E-state index contributed by atoms with van der Waals surface area (Å²) in [7, 11) is 0. The standard InChI is InChI=1S/C16H20N4O2/c21-16(15-7-14(19-20-15)10-1-2-10)18-11-3-5-12(6-4-11)22-13-8-17-9-13/h3-7,10,13,16-18,21H,1-2,8-9H2,(H,19,20). The van der Waals surface area contributed by atoms with Crippen molar-refractivity contribution in [1.82, 2.24) is 15.5 Å². The molecular formula is C16H20N4O2. The number of hydrogen-bond acceptors (Lipinski definition) is 5. The number of rotatable bonds is 6. The summed E-state index contributed by atoms with van der Waals surface area (Å²) in [5, 5.41) is 23.6. The van der Waals surface area contributed by atoms with Gasteiger partial charge in [0.1, 0.15) is 17.5 Å². The fraction of sp³-hybridized carbons (Fsp3) is 0.438. The Morgan fingerprint density at radius 1 is 1.23 bits per heavy atom. The second-order valence-electron chi connectivity index (χ2n) is 5.99. The van der Waals surface area contributed by atoms with Crippen LogP contribution in [0.2, 0.25) is 0 Å². The first-order valence-electron chi connectivity index (χ1n) is 7.75. The van der Waals surface area contributed by atoms with E-state index in [-0.39, 0.29) is 6.10 Å². The summed E-state index contributed by atoms with van der Waals surface area (Å²) in [6.45, 7) is 1.81. The Morgan fingerprint density at radius 3 is 2.64 bits per heavy atom. The molecule has 4 N–H and O–H groups in total. The zero-order valence-corrected chi connectivity index (χ0v) is 12.2. The van der Waals surface area contributed by atoms with Gasteiger partial charge in [0, 0.05) is 30.4 Å². The van der Waals surface area contributed by atoms with E-state index in [1.807, 2.05) is 30.3 Å². The van der Waals surface area contributed by atoms with Crippen LogP contribution >= 0.6 is 0 Å². The molecule has 0 spiro atoms. The summed E-state index contributed by atoms with van der Waals surface area (Å²) in [4.78, 5) is 0. The summed E-state index contributed by atoms with van der Waals surface area (Å²) in [6.07, 6.45) is 1.88. The van der Waals surface area contributed by atoms with Gasteiger partial charge in [-0.2, -0.15) is 5.10 Å². The molecule has 2 heterocycles. The molecule has 6 heteroatoms. The van der Waals surface area contributed by atoms with Crippen LogP contribution in [0.4, 0.5) is 5.69 Å². The van der Waals surface area contributed by atoms with Gasteiger partial charge in [-0.25, -0.2) is 0 Å². The molecule has 1 unspecified atom stereocenters. The van der Waals surface area contributed by atoms with Crippen LogP contribution in [0.25, 0.3) is 0 Å². The summed E-state index contributed by atoms with van der Waals surface area (Å²) in [5.41, 5.74) is 2.58. The van der Waals surface area contributed by atoms with Crippen molar-refractivity contribution in [3.05, 3.63) is 41.7 Å². The third-order valence-electron chi connectivity index (χ3n) is 4.12. The number of aromatic nitrogens is 2. The lowest BCUT2D eigenvalue weighted by Gasteiger charge is -2.27. The fourth-order valence-electron chi connectivity index (χ4n) is 2.50. The highest BCUT2D eigenvalue weighted by molar-refractivity contribution is 5.47. The monoisotopic (exact) mass is 300 g/mol. The lowest BCUT2D eigenvalue weighted by atomic mass is 10.2. The molecule has 2 fully saturated rings. The molecular weight excluding hydrogens is 280 g/mol. The molecule has 1 aliphatic carbocycles. The molecule has 1 atom stereocenters. The van der Waals surface area contributed by atoms with Crippen molar-refractivity contribution in [2.45, 2.75) is 31.1 Å². The zero-order valence-electron chi connectivity index (χ0n) is 12.2. The topological polar surface area (TPSA) is 82.2 Å². The molecule has 1 saturated carbocycles. The van der Waals surface area contributed by atoms with E-state index in [0.29, 0.717) is 11.6 Å². The molecule has 0 bridgehead atoms. The molecule has 0 amide bonds. The van der Waals surface area contributed by atoms with Crippen LogP contribution in [-0.4, -0.2) is 34.5 Å². The predicted molar refractivity (Wildman–Crippen MR) is 82.9 cm³/mol.